The van der Waals surface area contributed by atoms with Crippen LogP contribution in [0, 0.1) is 0 Å². The van der Waals surface area contributed by atoms with E-state index in [2.05, 4.69) is 19.2 Å². The van der Waals surface area contributed by atoms with Crippen molar-refractivity contribution in [2.75, 3.05) is 13.1 Å². The van der Waals surface area contributed by atoms with Gasteiger partial charge in [0.05, 0.1) is 4.90 Å². The molecule has 0 bridgehead atoms. The first kappa shape index (κ1) is 16.9. The SMILES string of the molecule is CC(C)NCc1sccc1S(=O)(=O)N1CCCCCCC1. The molecule has 0 radical (unpaired) electrons. The summed E-state index contributed by atoms with van der Waals surface area (Å²) in [5.74, 6) is 0. The van der Waals surface area contributed by atoms with Crippen molar-refractivity contribution in [2.24, 2.45) is 0 Å². The molecular formula is C15H26N2O2S2. The number of rotatable bonds is 5. The number of nitrogens with one attached hydrogen (secondary N) is 1. The Labute approximate surface area is 132 Å². The minimum atomic E-state index is -3.33. The van der Waals surface area contributed by atoms with Gasteiger partial charge in [-0.05, 0) is 24.3 Å². The third-order valence-electron chi connectivity index (χ3n) is 3.81. The quantitative estimate of drug-likeness (QED) is 0.902. The Bertz CT molecular complexity index is 530. The molecule has 6 heteroatoms. The van der Waals surface area contributed by atoms with Crippen molar-refractivity contribution in [1.29, 1.82) is 0 Å². The fraction of sp³-hybridized carbons (Fsp3) is 0.733. The number of thiophene rings is 1. The Kier molecular flexibility index (Phi) is 6.22. The van der Waals surface area contributed by atoms with Gasteiger partial charge in [-0.15, -0.1) is 11.3 Å². The molecule has 2 rings (SSSR count). The molecule has 4 nitrogen and oxygen atoms in total. The fourth-order valence-electron chi connectivity index (χ4n) is 2.58. The first-order valence-corrected chi connectivity index (χ1v) is 10.1. The van der Waals surface area contributed by atoms with Crippen LogP contribution in [0.1, 0.15) is 50.8 Å². The zero-order valence-corrected chi connectivity index (χ0v) is 14.6. The maximum Gasteiger partial charge on any atom is 0.244 e. The van der Waals surface area contributed by atoms with Gasteiger partial charge in [-0.2, -0.15) is 4.31 Å². The van der Waals surface area contributed by atoms with E-state index in [1.807, 2.05) is 5.38 Å². The molecule has 1 fully saturated rings. The number of hydrogen-bond donors (Lipinski definition) is 1. The second kappa shape index (κ2) is 7.72. The lowest BCUT2D eigenvalue weighted by Gasteiger charge is -2.24. The van der Waals surface area contributed by atoms with E-state index >= 15 is 0 Å². The standard InChI is InChI=1S/C15H26N2O2S2/c1-13(2)16-12-14-15(8-11-20-14)21(18,19)17-9-6-4-3-5-7-10-17/h8,11,13,16H,3-7,9-10,12H2,1-2H3. The van der Waals surface area contributed by atoms with E-state index in [0.29, 0.717) is 30.6 Å². The Balaban J connectivity index is 2.16. The van der Waals surface area contributed by atoms with Gasteiger partial charge in [0.1, 0.15) is 0 Å². The van der Waals surface area contributed by atoms with Crippen LogP contribution in [0.3, 0.4) is 0 Å². The third kappa shape index (κ3) is 4.52. The summed E-state index contributed by atoms with van der Waals surface area (Å²) in [6, 6.07) is 2.11. The Hall–Kier alpha value is -0.430. The van der Waals surface area contributed by atoms with Crippen LogP contribution in [0.2, 0.25) is 0 Å². The van der Waals surface area contributed by atoms with Crippen molar-refractivity contribution in [3.05, 3.63) is 16.3 Å². The molecule has 1 N–H and O–H groups in total. The van der Waals surface area contributed by atoms with Crippen LogP contribution < -0.4 is 5.32 Å². The molecule has 0 atom stereocenters. The summed E-state index contributed by atoms with van der Waals surface area (Å²) in [7, 11) is -3.33. The third-order valence-corrected chi connectivity index (χ3v) is 6.84. The van der Waals surface area contributed by atoms with Crippen molar-refractivity contribution in [3.63, 3.8) is 0 Å². The van der Waals surface area contributed by atoms with Crippen LogP contribution in [0.15, 0.2) is 16.3 Å². The maximum absolute atomic E-state index is 12.9. The van der Waals surface area contributed by atoms with Gasteiger partial charge < -0.3 is 5.32 Å². The topological polar surface area (TPSA) is 49.4 Å². The molecule has 0 unspecified atom stereocenters. The molecule has 1 saturated heterocycles. The van der Waals surface area contributed by atoms with Gasteiger partial charge in [0.15, 0.2) is 0 Å². The van der Waals surface area contributed by atoms with Crippen molar-refractivity contribution in [2.45, 2.75) is 63.4 Å². The number of sulfonamides is 1. The van der Waals surface area contributed by atoms with E-state index in [0.717, 1.165) is 30.6 Å². The lowest BCUT2D eigenvalue weighted by Crippen LogP contribution is -2.34. The smallest absolute Gasteiger partial charge is 0.244 e. The fourth-order valence-corrected chi connectivity index (χ4v) is 5.46. The predicted octanol–water partition coefficient (Wildman–Crippen LogP) is 3.20. The lowest BCUT2D eigenvalue weighted by atomic mass is 10.1. The molecule has 0 saturated carbocycles. The van der Waals surface area contributed by atoms with E-state index in [9.17, 15) is 8.42 Å². The van der Waals surface area contributed by atoms with Crippen LogP contribution in [0.25, 0.3) is 0 Å². The van der Waals surface area contributed by atoms with Crippen molar-refractivity contribution < 1.29 is 8.42 Å². The van der Waals surface area contributed by atoms with Crippen LogP contribution in [0.5, 0.6) is 0 Å². The van der Waals surface area contributed by atoms with Crippen LogP contribution in [0.4, 0.5) is 0 Å². The molecule has 0 amide bonds. The first-order chi connectivity index (χ1) is 10.0. The minimum absolute atomic E-state index is 0.351. The molecule has 1 aromatic rings. The van der Waals surface area contributed by atoms with Crippen LogP contribution in [-0.2, 0) is 16.6 Å². The van der Waals surface area contributed by atoms with Crippen molar-refractivity contribution in [1.82, 2.24) is 9.62 Å². The molecule has 0 spiro atoms. The van der Waals surface area contributed by atoms with E-state index in [1.54, 1.807) is 10.4 Å². The summed E-state index contributed by atoms with van der Waals surface area (Å²) in [6.45, 7) is 6.09. The molecule has 1 aliphatic heterocycles. The van der Waals surface area contributed by atoms with Gasteiger partial charge in [0, 0.05) is 30.6 Å². The van der Waals surface area contributed by atoms with Gasteiger partial charge >= 0.3 is 0 Å². The molecular weight excluding hydrogens is 304 g/mol. The number of hydrogen-bond acceptors (Lipinski definition) is 4. The highest BCUT2D eigenvalue weighted by Crippen LogP contribution is 2.26. The van der Waals surface area contributed by atoms with Gasteiger partial charge in [0.2, 0.25) is 10.0 Å². The van der Waals surface area contributed by atoms with Crippen LogP contribution in [-0.4, -0.2) is 31.9 Å². The highest BCUT2D eigenvalue weighted by molar-refractivity contribution is 7.89. The monoisotopic (exact) mass is 330 g/mol. The lowest BCUT2D eigenvalue weighted by molar-refractivity contribution is 0.364. The zero-order valence-electron chi connectivity index (χ0n) is 13.0. The average molecular weight is 331 g/mol. The molecule has 120 valence electrons. The van der Waals surface area contributed by atoms with Crippen LogP contribution >= 0.6 is 11.3 Å². The first-order valence-electron chi connectivity index (χ1n) is 7.81. The maximum atomic E-state index is 12.9. The van der Waals surface area contributed by atoms with E-state index in [1.165, 1.54) is 17.8 Å². The molecule has 1 aromatic heterocycles. The van der Waals surface area contributed by atoms with Gasteiger partial charge in [-0.3, -0.25) is 0 Å². The minimum Gasteiger partial charge on any atom is -0.310 e. The summed E-state index contributed by atoms with van der Waals surface area (Å²) < 4.78 is 27.5. The molecule has 21 heavy (non-hydrogen) atoms. The summed E-state index contributed by atoms with van der Waals surface area (Å²) in [5, 5.41) is 5.20. The number of nitrogens with zero attached hydrogens (tertiary/aromatic N) is 1. The van der Waals surface area contributed by atoms with Gasteiger partial charge in [0.25, 0.3) is 0 Å². The molecule has 0 aliphatic carbocycles. The normalized spacial score (nSPS) is 18.6. The van der Waals surface area contributed by atoms with E-state index < -0.39 is 10.0 Å². The Morgan fingerprint density at radius 1 is 1.19 bits per heavy atom. The van der Waals surface area contributed by atoms with Gasteiger partial charge in [-0.25, -0.2) is 8.42 Å². The summed E-state index contributed by atoms with van der Waals surface area (Å²) in [5.41, 5.74) is 0. The molecule has 0 aromatic carbocycles. The Morgan fingerprint density at radius 3 is 2.43 bits per heavy atom. The second-order valence-electron chi connectivity index (χ2n) is 5.92. The summed E-state index contributed by atoms with van der Waals surface area (Å²) in [6.07, 6.45) is 5.45. The second-order valence-corrected chi connectivity index (χ2v) is 8.82. The van der Waals surface area contributed by atoms with E-state index in [-0.39, 0.29) is 0 Å². The van der Waals surface area contributed by atoms with Crippen molar-refractivity contribution in [3.8, 4) is 0 Å². The van der Waals surface area contributed by atoms with E-state index in [4.69, 9.17) is 0 Å². The predicted molar refractivity (Wildman–Crippen MR) is 88.1 cm³/mol. The molecule has 2 heterocycles. The summed E-state index contributed by atoms with van der Waals surface area (Å²) >= 11 is 1.52. The molecule has 1 aliphatic rings. The Morgan fingerprint density at radius 2 is 1.81 bits per heavy atom. The van der Waals surface area contributed by atoms with Crippen molar-refractivity contribution >= 4 is 21.4 Å². The highest BCUT2D eigenvalue weighted by atomic mass is 32.2. The largest absolute Gasteiger partial charge is 0.310 e. The average Bonchev–Trinajstić information content (AvgIpc) is 2.84. The highest BCUT2D eigenvalue weighted by Gasteiger charge is 2.27. The zero-order chi connectivity index (χ0) is 15.3. The van der Waals surface area contributed by atoms with Gasteiger partial charge in [-0.1, -0.05) is 33.1 Å². The summed E-state index contributed by atoms with van der Waals surface area (Å²) in [4.78, 5) is 1.42.